The molecule has 0 aromatic carbocycles. The molecule has 1 saturated carbocycles. The molecule has 1 rings (SSSR count). The van der Waals surface area contributed by atoms with Crippen LogP contribution in [0.4, 0.5) is 0 Å². The summed E-state index contributed by atoms with van der Waals surface area (Å²) in [6, 6.07) is 0. The predicted octanol–water partition coefficient (Wildman–Crippen LogP) is 3.06. The molecule has 17 heavy (non-hydrogen) atoms. The van der Waals surface area contributed by atoms with Crippen molar-refractivity contribution in [1.29, 1.82) is 0 Å². The van der Waals surface area contributed by atoms with Gasteiger partial charge in [0.05, 0.1) is 0 Å². The van der Waals surface area contributed by atoms with Gasteiger partial charge in [-0.25, -0.2) is 0 Å². The molecule has 1 unspecified atom stereocenters. The van der Waals surface area contributed by atoms with Crippen LogP contribution < -0.4 is 0 Å². The maximum absolute atomic E-state index is 5.77. The predicted molar refractivity (Wildman–Crippen MR) is 76.9 cm³/mol. The molecule has 1 aliphatic carbocycles. The molecule has 102 valence electrons. The molecule has 0 spiro atoms. The second-order valence-corrected chi connectivity index (χ2v) is 6.46. The molecule has 0 N–H and O–H groups in total. The molecule has 0 radical (unpaired) electrons. The first kappa shape index (κ1) is 15.3. The van der Waals surface area contributed by atoms with E-state index in [0.717, 1.165) is 18.2 Å². The van der Waals surface area contributed by atoms with Gasteiger partial charge < -0.3 is 9.80 Å². The van der Waals surface area contributed by atoms with Gasteiger partial charge in [0.15, 0.2) is 0 Å². The van der Waals surface area contributed by atoms with Crippen LogP contribution >= 0.6 is 11.6 Å². The van der Waals surface area contributed by atoms with Gasteiger partial charge in [-0.05, 0) is 65.7 Å². The summed E-state index contributed by atoms with van der Waals surface area (Å²) < 4.78 is 0. The third kappa shape index (κ3) is 4.42. The second-order valence-electron chi connectivity index (χ2n) is 6.08. The lowest BCUT2D eigenvalue weighted by molar-refractivity contribution is 0.0267. The Labute approximate surface area is 112 Å². The average Bonchev–Trinajstić information content (AvgIpc) is 2.20. The van der Waals surface area contributed by atoms with Gasteiger partial charge in [0.25, 0.3) is 0 Å². The minimum atomic E-state index is 0.463. The standard InChI is InChI=1S/C14H29ClN2/c1-13(6-10-15)7-11-17(4)12-14(16(2)3)8-5-9-14/h13H,5-12H2,1-4H3. The number of nitrogens with zero attached hydrogens (tertiary/aromatic N) is 2. The van der Waals surface area contributed by atoms with Crippen LogP contribution in [0.3, 0.4) is 0 Å². The van der Waals surface area contributed by atoms with E-state index < -0.39 is 0 Å². The molecule has 0 saturated heterocycles. The van der Waals surface area contributed by atoms with Crippen molar-refractivity contribution in [2.75, 3.05) is 40.1 Å². The van der Waals surface area contributed by atoms with Crippen LogP contribution in [-0.2, 0) is 0 Å². The van der Waals surface area contributed by atoms with Gasteiger partial charge in [0.1, 0.15) is 0 Å². The highest BCUT2D eigenvalue weighted by Gasteiger charge is 2.39. The van der Waals surface area contributed by atoms with Gasteiger partial charge in [-0.3, -0.25) is 0 Å². The Morgan fingerprint density at radius 1 is 1.18 bits per heavy atom. The van der Waals surface area contributed by atoms with Crippen molar-refractivity contribution in [2.45, 2.75) is 44.6 Å². The summed E-state index contributed by atoms with van der Waals surface area (Å²) in [6.45, 7) is 4.72. The molecule has 1 aliphatic rings. The minimum absolute atomic E-state index is 0.463. The zero-order valence-corrected chi connectivity index (χ0v) is 12.8. The summed E-state index contributed by atoms with van der Waals surface area (Å²) in [5, 5.41) is 0. The Hall–Kier alpha value is 0.210. The first-order valence-corrected chi connectivity index (χ1v) is 7.45. The number of hydrogen-bond donors (Lipinski definition) is 0. The van der Waals surface area contributed by atoms with Crippen LogP contribution in [0.25, 0.3) is 0 Å². The molecule has 2 nitrogen and oxygen atoms in total. The van der Waals surface area contributed by atoms with Crippen LogP contribution in [0.1, 0.15) is 39.0 Å². The fourth-order valence-electron chi connectivity index (χ4n) is 2.68. The van der Waals surface area contributed by atoms with E-state index >= 15 is 0 Å². The van der Waals surface area contributed by atoms with Gasteiger partial charge in [0, 0.05) is 18.0 Å². The summed E-state index contributed by atoms with van der Waals surface area (Å²) in [6.07, 6.45) is 6.54. The highest BCUT2D eigenvalue weighted by molar-refractivity contribution is 6.17. The van der Waals surface area contributed by atoms with E-state index in [2.05, 4.69) is 37.9 Å². The van der Waals surface area contributed by atoms with Crippen LogP contribution in [0.15, 0.2) is 0 Å². The Morgan fingerprint density at radius 3 is 2.24 bits per heavy atom. The first-order chi connectivity index (χ1) is 8.00. The summed E-state index contributed by atoms with van der Waals surface area (Å²) in [4.78, 5) is 4.93. The average molecular weight is 261 g/mol. The fourth-order valence-corrected chi connectivity index (χ4v) is 3.06. The number of alkyl halides is 1. The Balaban J connectivity index is 2.26. The highest BCUT2D eigenvalue weighted by atomic mass is 35.5. The normalized spacial score (nSPS) is 20.6. The SMILES string of the molecule is CC(CCCl)CCN(C)CC1(N(C)C)CCC1. The highest BCUT2D eigenvalue weighted by Crippen LogP contribution is 2.36. The van der Waals surface area contributed by atoms with Gasteiger partial charge in [0.2, 0.25) is 0 Å². The summed E-state index contributed by atoms with van der Waals surface area (Å²) >= 11 is 5.77. The lowest BCUT2D eigenvalue weighted by Gasteiger charge is -2.49. The number of likely N-dealkylation sites (N-methyl/N-ethyl adjacent to an activating group) is 2. The fraction of sp³-hybridized carbons (Fsp3) is 1.00. The molecule has 3 heteroatoms. The number of hydrogen-bond acceptors (Lipinski definition) is 2. The van der Waals surface area contributed by atoms with E-state index in [1.54, 1.807) is 0 Å². The van der Waals surface area contributed by atoms with Crippen molar-refractivity contribution in [3.8, 4) is 0 Å². The maximum atomic E-state index is 5.77. The molecule has 1 fully saturated rings. The molecule has 1 atom stereocenters. The number of rotatable bonds is 8. The van der Waals surface area contributed by atoms with E-state index in [1.807, 2.05) is 0 Å². The third-order valence-electron chi connectivity index (χ3n) is 4.40. The smallest absolute Gasteiger partial charge is 0.0330 e. The van der Waals surface area contributed by atoms with E-state index in [-0.39, 0.29) is 0 Å². The Morgan fingerprint density at radius 2 is 1.82 bits per heavy atom. The lowest BCUT2D eigenvalue weighted by Crippen LogP contribution is -2.56. The Kier molecular flexibility index (Phi) is 6.25. The van der Waals surface area contributed by atoms with Crippen molar-refractivity contribution in [3.05, 3.63) is 0 Å². The lowest BCUT2D eigenvalue weighted by atomic mass is 9.75. The van der Waals surface area contributed by atoms with E-state index in [9.17, 15) is 0 Å². The zero-order valence-electron chi connectivity index (χ0n) is 12.0. The Bertz CT molecular complexity index is 214. The van der Waals surface area contributed by atoms with E-state index in [0.29, 0.717) is 5.54 Å². The first-order valence-electron chi connectivity index (χ1n) is 6.92. The molecule has 0 aliphatic heterocycles. The van der Waals surface area contributed by atoms with Crippen LogP contribution in [0.2, 0.25) is 0 Å². The molecule has 0 amide bonds. The number of halogens is 1. The summed E-state index contributed by atoms with van der Waals surface area (Å²) in [5.74, 6) is 1.55. The quantitative estimate of drug-likeness (QED) is 0.619. The molecule has 0 heterocycles. The maximum Gasteiger partial charge on any atom is 0.0330 e. The van der Waals surface area contributed by atoms with Crippen LogP contribution in [0.5, 0.6) is 0 Å². The topological polar surface area (TPSA) is 6.48 Å². The zero-order chi connectivity index (χ0) is 12.9. The largest absolute Gasteiger partial charge is 0.305 e. The van der Waals surface area contributed by atoms with Gasteiger partial charge in [-0.15, -0.1) is 11.6 Å². The summed E-state index contributed by atoms with van der Waals surface area (Å²) in [7, 11) is 6.71. The second kappa shape index (κ2) is 6.96. The van der Waals surface area contributed by atoms with Crippen molar-refractivity contribution in [3.63, 3.8) is 0 Å². The van der Waals surface area contributed by atoms with Crippen molar-refractivity contribution in [1.82, 2.24) is 9.80 Å². The third-order valence-corrected chi connectivity index (χ3v) is 4.62. The van der Waals surface area contributed by atoms with Crippen molar-refractivity contribution < 1.29 is 0 Å². The van der Waals surface area contributed by atoms with Gasteiger partial charge in [-0.1, -0.05) is 6.92 Å². The van der Waals surface area contributed by atoms with Gasteiger partial charge >= 0.3 is 0 Å². The minimum Gasteiger partial charge on any atom is -0.305 e. The molecular formula is C14H29ClN2. The monoisotopic (exact) mass is 260 g/mol. The van der Waals surface area contributed by atoms with Crippen LogP contribution in [0, 0.1) is 5.92 Å². The van der Waals surface area contributed by atoms with E-state index in [1.165, 1.54) is 38.8 Å². The van der Waals surface area contributed by atoms with Crippen molar-refractivity contribution in [2.24, 2.45) is 5.92 Å². The molecular weight excluding hydrogens is 232 g/mol. The van der Waals surface area contributed by atoms with Crippen molar-refractivity contribution >= 4 is 11.6 Å². The summed E-state index contributed by atoms with van der Waals surface area (Å²) in [5.41, 5.74) is 0.463. The van der Waals surface area contributed by atoms with E-state index in [4.69, 9.17) is 11.6 Å². The molecule has 0 bridgehead atoms. The van der Waals surface area contributed by atoms with Crippen LogP contribution in [-0.4, -0.2) is 55.5 Å². The van der Waals surface area contributed by atoms with Gasteiger partial charge in [-0.2, -0.15) is 0 Å². The molecule has 0 aromatic rings. The molecule has 0 aromatic heterocycles.